The van der Waals surface area contributed by atoms with Crippen molar-refractivity contribution in [1.29, 1.82) is 0 Å². The Bertz CT molecular complexity index is 865. The summed E-state index contributed by atoms with van der Waals surface area (Å²) in [4.78, 5) is 11.2. The minimum Gasteiger partial charge on any atom is -0.349 e. The lowest BCUT2D eigenvalue weighted by Crippen LogP contribution is -2.35. The highest BCUT2D eigenvalue weighted by Gasteiger charge is 2.26. The molecule has 5 nitrogen and oxygen atoms in total. The van der Waals surface area contributed by atoms with Gasteiger partial charge >= 0.3 is 0 Å². The first-order valence-electron chi connectivity index (χ1n) is 9.17. The van der Waals surface area contributed by atoms with Gasteiger partial charge in [0.05, 0.1) is 6.04 Å². The molecule has 5 heteroatoms. The third-order valence-corrected chi connectivity index (χ3v) is 5.15. The molecule has 1 aromatic carbocycles. The third kappa shape index (κ3) is 2.99. The van der Waals surface area contributed by atoms with Gasteiger partial charge in [-0.3, -0.25) is 0 Å². The van der Waals surface area contributed by atoms with Gasteiger partial charge in [0.15, 0.2) is 0 Å². The maximum Gasteiger partial charge on any atom is 0.254 e. The molecule has 0 N–H and O–H groups in total. The molecule has 2 aromatic heterocycles. The summed E-state index contributed by atoms with van der Waals surface area (Å²) < 4.78 is 1.87. The molecule has 0 aliphatic carbocycles. The van der Waals surface area contributed by atoms with Gasteiger partial charge in [0.25, 0.3) is 5.78 Å². The van der Waals surface area contributed by atoms with Gasteiger partial charge in [-0.2, -0.15) is 14.6 Å². The van der Waals surface area contributed by atoms with Crippen LogP contribution in [0.2, 0.25) is 0 Å². The van der Waals surface area contributed by atoms with Crippen LogP contribution in [0.5, 0.6) is 0 Å². The zero-order valence-electron chi connectivity index (χ0n) is 15.2. The molecular weight excluding hydrogens is 310 g/mol. The summed E-state index contributed by atoms with van der Waals surface area (Å²) in [5.41, 5.74) is 3.76. The highest BCUT2D eigenvalue weighted by molar-refractivity contribution is 5.50. The summed E-state index contributed by atoms with van der Waals surface area (Å²) in [6.45, 7) is 7.54. The molecule has 0 amide bonds. The summed E-state index contributed by atoms with van der Waals surface area (Å²) in [5, 5.41) is 4.40. The molecule has 4 rings (SSSR count). The van der Waals surface area contributed by atoms with Crippen LogP contribution in [-0.4, -0.2) is 26.1 Å². The van der Waals surface area contributed by atoms with Crippen LogP contribution in [-0.2, 0) is 0 Å². The Kier molecular flexibility index (Phi) is 4.15. The fourth-order valence-corrected chi connectivity index (χ4v) is 3.77. The van der Waals surface area contributed by atoms with Crippen LogP contribution in [0.25, 0.3) is 5.78 Å². The van der Waals surface area contributed by atoms with Crippen LogP contribution >= 0.6 is 0 Å². The minimum atomic E-state index is 0.379. The molecule has 1 saturated heterocycles. The fraction of sp³-hybridized carbons (Fsp3) is 0.450. The number of benzene rings is 1. The zero-order chi connectivity index (χ0) is 17.4. The van der Waals surface area contributed by atoms with Crippen molar-refractivity contribution in [1.82, 2.24) is 19.6 Å². The number of anilines is 1. The number of rotatable bonds is 3. The van der Waals surface area contributed by atoms with E-state index in [1.165, 1.54) is 30.4 Å². The highest BCUT2D eigenvalue weighted by Crippen LogP contribution is 2.35. The molecule has 0 saturated carbocycles. The number of aryl methyl sites for hydroxylation is 1. The van der Waals surface area contributed by atoms with Crippen molar-refractivity contribution in [3.05, 3.63) is 53.5 Å². The Balaban J connectivity index is 1.74. The molecule has 0 bridgehead atoms. The van der Waals surface area contributed by atoms with E-state index in [9.17, 15) is 0 Å². The van der Waals surface area contributed by atoms with Gasteiger partial charge in [0.1, 0.15) is 12.1 Å². The van der Waals surface area contributed by atoms with Gasteiger partial charge in [-0.25, -0.2) is 4.98 Å². The fourth-order valence-electron chi connectivity index (χ4n) is 3.77. The molecule has 1 aliphatic rings. The second kappa shape index (κ2) is 6.47. The maximum atomic E-state index is 4.48. The third-order valence-electron chi connectivity index (χ3n) is 5.15. The monoisotopic (exact) mass is 335 g/mol. The summed E-state index contributed by atoms with van der Waals surface area (Å²) in [6, 6.07) is 11.6. The van der Waals surface area contributed by atoms with E-state index in [4.69, 9.17) is 0 Å². The van der Waals surface area contributed by atoms with Gasteiger partial charge < -0.3 is 4.90 Å². The van der Waals surface area contributed by atoms with E-state index in [1.807, 2.05) is 11.4 Å². The number of aromatic nitrogens is 4. The van der Waals surface area contributed by atoms with Gasteiger partial charge in [-0.15, -0.1) is 0 Å². The second-order valence-corrected chi connectivity index (χ2v) is 7.25. The number of fused-ring (bicyclic) bond motifs is 1. The van der Waals surface area contributed by atoms with Gasteiger partial charge in [-0.05, 0) is 43.2 Å². The normalized spacial score (nSPS) is 18.2. The van der Waals surface area contributed by atoms with Crippen LogP contribution in [0.4, 0.5) is 5.82 Å². The maximum absolute atomic E-state index is 4.48. The van der Waals surface area contributed by atoms with E-state index in [-0.39, 0.29) is 0 Å². The van der Waals surface area contributed by atoms with Crippen LogP contribution in [0.15, 0.2) is 36.7 Å². The highest BCUT2D eigenvalue weighted by atomic mass is 15.4. The number of hydrogen-bond acceptors (Lipinski definition) is 4. The lowest BCUT2D eigenvalue weighted by Gasteiger charge is -2.37. The Morgan fingerprint density at radius 1 is 1.12 bits per heavy atom. The van der Waals surface area contributed by atoms with Crippen molar-refractivity contribution < 1.29 is 0 Å². The predicted octanol–water partition coefficient (Wildman–Crippen LogP) is 4.29. The molecule has 3 aromatic rings. The molecule has 25 heavy (non-hydrogen) atoms. The molecule has 1 aliphatic heterocycles. The quantitative estimate of drug-likeness (QED) is 0.716. The van der Waals surface area contributed by atoms with Crippen molar-refractivity contribution >= 4 is 11.6 Å². The average Bonchev–Trinajstić information content (AvgIpc) is 3.09. The first kappa shape index (κ1) is 16.1. The zero-order valence-corrected chi connectivity index (χ0v) is 15.2. The van der Waals surface area contributed by atoms with Crippen molar-refractivity contribution in [2.24, 2.45) is 0 Å². The van der Waals surface area contributed by atoms with Crippen molar-refractivity contribution in [2.45, 2.75) is 52.0 Å². The first-order valence-corrected chi connectivity index (χ1v) is 9.17. The van der Waals surface area contributed by atoms with E-state index in [0.717, 1.165) is 18.1 Å². The van der Waals surface area contributed by atoms with Crippen LogP contribution in [0.3, 0.4) is 0 Å². The van der Waals surface area contributed by atoms with E-state index in [2.05, 4.69) is 64.1 Å². The van der Waals surface area contributed by atoms with Crippen LogP contribution in [0, 0.1) is 6.92 Å². The minimum absolute atomic E-state index is 0.379. The summed E-state index contributed by atoms with van der Waals surface area (Å²) in [6.07, 6.45) is 5.22. The van der Waals surface area contributed by atoms with E-state index in [1.54, 1.807) is 6.33 Å². The van der Waals surface area contributed by atoms with E-state index in [0.29, 0.717) is 17.7 Å². The van der Waals surface area contributed by atoms with Gasteiger partial charge in [-0.1, -0.05) is 38.1 Å². The largest absolute Gasteiger partial charge is 0.349 e. The van der Waals surface area contributed by atoms with Crippen molar-refractivity contribution in [3.63, 3.8) is 0 Å². The van der Waals surface area contributed by atoms with Crippen molar-refractivity contribution in [2.75, 3.05) is 11.4 Å². The Morgan fingerprint density at radius 2 is 1.92 bits per heavy atom. The summed E-state index contributed by atoms with van der Waals surface area (Å²) >= 11 is 0. The van der Waals surface area contributed by atoms with E-state index >= 15 is 0 Å². The van der Waals surface area contributed by atoms with Crippen LogP contribution < -0.4 is 4.90 Å². The second-order valence-electron chi connectivity index (χ2n) is 7.25. The molecule has 0 radical (unpaired) electrons. The molecule has 1 fully saturated rings. The molecule has 1 unspecified atom stereocenters. The Morgan fingerprint density at radius 3 is 2.68 bits per heavy atom. The number of hydrogen-bond donors (Lipinski definition) is 0. The number of nitrogens with zero attached hydrogens (tertiary/aromatic N) is 5. The molecule has 3 heterocycles. The summed E-state index contributed by atoms with van der Waals surface area (Å²) in [7, 11) is 0. The Hall–Kier alpha value is -2.43. The predicted molar refractivity (Wildman–Crippen MR) is 100.0 cm³/mol. The standard InChI is InChI=1S/C20H25N5/c1-14(2)16-7-9-17(10-8-16)18-6-4-5-11-24(18)19-12-15(3)23-20-21-13-22-25(19)20/h7-10,12-14,18H,4-6,11H2,1-3H3. The average molecular weight is 335 g/mol. The van der Waals surface area contributed by atoms with Gasteiger partial charge in [0, 0.05) is 18.3 Å². The van der Waals surface area contributed by atoms with Crippen LogP contribution in [0.1, 0.15) is 61.9 Å². The smallest absolute Gasteiger partial charge is 0.254 e. The SMILES string of the molecule is Cc1cc(N2CCCCC2c2ccc(C(C)C)cc2)n2ncnc2n1. The molecule has 0 spiro atoms. The lowest BCUT2D eigenvalue weighted by atomic mass is 9.93. The molecule has 1 atom stereocenters. The first-order chi connectivity index (χ1) is 12.1. The van der Waals surface area contributed by atoms with Crippen molar-refractivity contribution in [3.8, 4) is 0 Å². The summed E-state index contributed by atoms with van der Waals surface area (Å²) in [5.74, 6) is 2.33. The topological polar surface area (TPSA) is 46.3 Å². The Labute approximate surface area is 148 Å². The molecular formula is C20H25N5. The van der Waals surface area contributed by atoms with Gasteiger partial charge in [0.2, 0.25) is 0 Å². The molecule has 130 valence electrons. The number of piperidine rings is 1. The lowest BCUT2D eigenvalue weighted by molar-refractivity contribution is 0.466. The van der Waals surface area contributed by atoms with E-state index < -0.39 is 0 Å².